The Balaban J connectivity index is 1.81. The summed E-state index contributed by atoms with van der Waals surface area (Å²) in [7, 11) is -1.59. The summed E-state index contributed by atoms with van der Waals surface area (Å²) in [6.45, 7) is 5.20. The van der Waals surface area contributed by atoms with Crippen molar-refractivity contribution in [1.82, 2.24) is 14.5 Å². The summed E-state index contributed by atoms with van der Waals surface area (Å²) in [5.74, 6) is 2.36. The van der Waals surface area contributed by atoms with Crippen molar-refractivity contribution in [1.29, 1.82) is 0 Å². The quantitative estimate of drug-likeness (QED) is 0.441. The van der Waals surface area contributed by atoms with Crippen molar-refractivity contribution >= 4 is 10.0 Å². The van der Waals surface area contributed by atoms with E-state index in [2.05, 4.69) is 23.7 Å². The van der Waals surface area contributed by atoms with Crippen LogP contribution in [0.3, 0.4) is 0 Å². The lowest BCUT2D eigenvalue weighted by molar-refractivity contribution is 0.260. The van der Waals surface area contributed by atoms with E-state index in [1.165, 1.54) is 0 Å². The molecule has 2 aromatic carbocycles. The van der Waals surface area contributed by atoms with Crippen LogP contribution in [-0.4, -0.2) is 51.3 Å². The molecule has 9 heteroatoms. The molecular weight excluding hydrogens is 430 g/mol. The van der Waals surface area contributed by atoms with Gasteiger partial charge in [0.1, 0.15) is 18.1 Å². The molecular formula is C23H29N3O5S. The predicted molar refractivity (Wildman–Crippen MR) is 124 cm³/mol. The van der Waals surface area contributed by atoms with Gasteiger partial charge in [-0.3, -0.25) is 0 Å². The van der Waals surface area contributed by atoms with Crippen LogP contribution in [0.15, 0.2) is 54.6 Å². The van der Waals surface area contributed by atoms with E-state index in [9.17, 15) is 8.42 Å². The summed E-state index contributed by atoms with van der Waals surface area (Å²) < 4.78 is 43.2. The van der Waals surface area contributed by atoms with Gasteiger partial charge in [0, 0.05) is 18.2 Å². The van der Waals surface area contributed by atoms with Crippen LogP contribution in [0.5, 0.6) is 17.4 Å². The maximum atomic E-state index is 11.1. The number of hydrogen-bond donors (Lipinski definition) is 1. The zero-order valence-electron chi connectivity index (χ0n) is 18.7. The van der Waals surface area contributed by atoms with Crippen LogP contribution in [0.2, 0.25) is 0 Å². The summed E-state index contributed by atoms with van der Waals surface area (Å²) in [5.41, 5.74) is 2.70. The van der Waals surface area contributed by atoms with Crippen molar-refractivity contribution < 1.29 is 22.6 Å². The second-order valence-corrected chi connectivity index (χ2v) is 9.55. The molecule has 32 heavy (non-hydrogen) atoms. The number of aromatic nitrogens is 2. The molecule has 0 bridgehead atoms. The third kappa shape index (κ3) is 6.73. The van der Waals surface area contributed by atoms with Crippen LogP contribution in [0.1, 0.15) is 13.8 Å². The predicted octanol–water partition coefficient (Wildman–Crippen LogP) is 3.51. The minimum absolute atomic E-state index is 0.210. The Kier molecular flexibility index (Phi) is 7.76. The molecule has 0 saturated carbocycles. The topological polar surface area (TPSA) is 91.7 Å². The summed E-state index contributed by atoms with van der Waals surface area (Å²) >= 11 is 0. The van der Waals surface area contributed by atoms with Gasteiger partial charge in [-0.2, -0.15) is 0 Å². The maximum absolute atomic E-state index is 11.1. The van der Waals surface area contributed by atoms with Gasteiger partial charge in [-0.15, -0.1) is 5.10 Å². The average molecular weight is 460 g/mol. The zero-order chi connectivity index (χ0) is 23.1. The second kappa shape index (κ2) is 10.5. The van der Waals surface area contributed by atoms with Crippen LogP contribution in [-0.2, 0) is 10.0 Å². The lowest BCUT2D eigenvalue weighted by atomic mass is 10.1. The molecule has 0 aliphatic carbocycles. The molecule has 0 aliphatic rings. The fourth-order valence-electron chi connectivity index (χ4n) is 2.93. The molecule has 1 heterocycles. The molecule has 0 aliphatic heterocycles. The van der Waals surface area contributed by atoms with Crippen LogP contribution in [0, 0.1) is 5.92 Å². The molecule has 172 valence electrons. The number of nitrogens with zero attached hydrogens (tertiary/aromatic N) is 2. The minimum atomic E-state index is -3.22. The monoisotopic (exact) mass is 459 g/mol. The average Bonchev–Trinajstić information content (AvgIpc) is 3.19. The summed E-state index contributed by atoms with van der Waals surface area (Å²) in [5, 5.41) is 4.65. The molecule has 3 aromatic rings. The number of sulfonamides is 1. The van der Waals surface area contributed by atoms with Crippen LogP contribution in [0.25, 0.3) is 16.9 Å². The van der Waals surface area contributed by atoms with Gasteiger partial charge in [-0.05, 0) is 54.4 Å². The van der Waals surface area contributed by atoms with Gasteiger partial charge in [0.2, 0.25) is 15.9 Å². The first kappa shape index (κ1) is 23.6. The Bertz CT molecular complexity index is 1110. The van der Waals surface area contributed by atoms with Gasteiger partial charge in [-0.1, -0.05) is 13.8 Å². The van der Waals surface area contributed by atoms with Crippen molar-refractivity contribution in [3.8, 4) is 34.3 Å². The number of hydrogen-bond acceptors (Lipinski definition) is 6. The second-order valence-electron chi connectivity index (χ2n) is 7.72. The first-order valence-electron chi connectivity index (χ1n) is 10.3. The normalized spacial score (nSPS) is 11.5. The molecule has 8 nitrogen and oxygen atoms in total. The van der Waals surface area contributed by atoms with E-state index in [-0.39, 0.29) is 13.2 Å². The Morgan fingerprint density at radius 2 is 1.66 bits per heavy atom. The number of methoxy groups -OCH3 is 1. The fourth-order valence-corrected chi connectivity index (χ4v) is 3.38. The smallest absolute Gasteiger partial charge is 0.233 e. The van der Waals surface area contributed by atoms with E-state index >= 15 is 0 Å². The molecule has 0 saturated heterocycles. The van der Waals surface area contributed by atoms with Crippen LogP contribution >= 0.6 is 0 Å². The SMILES string of the molecule is COc1ccc(-n2nc(OCC(C)C)cc2-c2ccc(OCCNS(C)(=O)=O)cc2)cc1. The van der Waals surface area contributed by atoms with Gasteiger partial charge in [0.25, 0.3) is 0 Å². The number of benzene rings is 2. The third-order valence-electron chi connectivity index (χ3n) is 4.45. The van der Waals surface area contributed by atoms with Gasteiger partial charge in [0.05, 0.1) is 31.4 Å². The van der Waals surface area contributed by atoms with Crippen molar-refractivity contribution in [2.45, 2.75) is 13.8 Å². The summed E-state index contributed by atoms with van der Waals surface area (Å²) in [6, 6.07) is 17.1. The van der Waals surface area contributed by atoms with Crippen molar-refractivity contribution in [3.63, 3.8) is 0 Å². The van der Waals surface area contributed by atoms with Gasteiger partial charge < -0.3 is 14.2 Å². The highest BCUT2D eigenvalue weighted by molar-refractivity contribution is 7.88. The maximum Gasteiger partial charge on any atom is 0.233 e. The van der Waals surface area contributed by atoms with E-state index in [1.54, 1.807) is 7.11 Å². The molecule has 0 atom stereocenters. The van der Waals surface area contributed by atoms with E-state index in [0.717, 1.165) is 29.0 Å². The van der Waals surface area contributed by atoms with Crippen molar-refractivity contribution in [2.75, 3.05) is 33.1 Å². The van der Waals surface area contributed by atoms with Crippen LogP contribution in [0.4, 0.5) is 0 Å². The Morgan fingerprint density at radius 3 is 2.25 bits per heavy atom. The largest absolute Gasteiger partial charge is 0.497 e. The van der Waals surface area contributed by atoms with E-state index in [0.29, 0.717) is 24.2 Å². The summed E-state index contributed by atoms with van der Waals surface area (Å²) in [6.07, 6.45) is 1.12. The minimum Gasteiger partial charge on any atom is -0.497 e. The number of rotatable bonds is 11. The lowest BCUT2D eigenvalue weighted by Crippen LogP contribution is -2.26. The van der Waals surface area contributed by atoms with Gasteiger partial charge in [-0.25, -0.2) is 17.8 Å². The highest BCUT2D eigenvalue weighted by atomic mass is 32.2. The molecule has 0 spiro atoms. The van der Waals surface area contributed by atoms with Gasteiger partial charge >= 0.3 is 0 Å². The fraction of sp³-hybridized carbons (Fsp3) is 0.348. The highest BCUT2D eigenvalue weighted by Crippen LogP contribution is 2.29. The molecule has 0 fully saturated rings. The number of ether oxygens (including phenoxy) is 3. The molecule has 1 N–H and O–H groups in total. The lowest BCUT2D eigenvalue weighted by Gasteiger charge is -2.10. The Hall–Kier alpha value is -3.04. The van der Waals surface area contributed by atoms with Gasteiger partial charge in [0.15, 0.2) is 0 Å². The third-order valence-corrected chi connectivity index (χ3v) is 5.18. The molecule has 0 unspecified atom stereocenters. The van der Waals surface area contributed by atoms with Crippen molar-refractivity contribution in [2.24, 2.45) is 5.92 Å². The number of nitrogens with one attached hydrogen (secondary N) is 1. The summed E-state index contributed by atoms with van der Waals surface area (Å²) in [4.78, 5) is 0. The van der Waals surface area contributed by atoms with E-state index in [4.69, 9.17) is 14.2 Å². The molecule has 0 amide bonds. The molecule has 3 rings (SSSR count). The van der Waals surface area contributed by atoms with E-state index in [1.807, 2.05) is 59.3 Å². The molecule has 1 aromatic heterocycles. The van der Waals surface area contributed by atoms with E-state index < -0.39 is 10.0 Å². The van der Waals surface area contributed by atoms with Crippen LogP contribution < -0.4 is 18.9 Å². The van der Waals surface area contributed by atoms with Crippen molar-refractivity contribution in [3.05, 3.63) is 54.6 Å². The first-order chi connectivity index (χ1) is 15.2. The highest BCUT2D eigenvalue weighted by Gasteiger charge is 2.14. The standard InChI is InChI=1S/C23H29N3O5S/c1-17(2)16-31-23-15-22(26(25-23)19-7-11-20(29-3)12-8-19)18-5-9-21(10-6-18)30-14-13-24-32(4,27)28/h5-12,15,17,24H,13-14,16H2,1-4H3. The molecule has 0 radical (unpaired) electrons. The zero-order valence-corrected chi connectivity index (χ0v) is 19.6. The Morgan fingerprint density at radius 1 is 1.00 bits per heavy atom. The Labute approximate surface area is 189 Å². The first-order valence-corrected chi connectivity index (χ1v) is 12.2.